The van der Waals surface area contributed by atoms with Crippen molar-refractivity contribution in [3.63, 3.8) is 0 Å². The van der Waals surface area contributed by atoms with Crippen LogP contribution in [-0.4, -0.2) is 9.97 Å². The van der Waals surface area contributed by atoms with Crippen molar-refractivity contribution in [3.8, 4) is 0 Å². The minimum absolute atomic E-state index is 0.517. The van der Waals surface area contributed by atoms with E-state index in [9.17, 15) is 0 Å². The molecule has 0 fully saturated rings. The first-order valence-corrected chi connectivity index (χ1v) is 6.04. The smallest absolute Gasteiger partial charge is 0.156 e. The molecule has 0 radical (unpaired) electrons. The summed E-state index contributed by atoms with van der Waals surface area (Å²) in [6, 6.07) is 5.57. The molecule has 72 valence electrons. The van der Waals surface area contributed by atoms with Crippen molar-refractivity contribution in [3.05, 3.63) is 34.4 Å². The number of halogens is 1. The average Bonchev–Trinajstić information content (AvgIpc) is 2.51. The molecular weight excluding hydrogens is 236 g/mol. The molecule has 0 aromatic carbocycles. The molecule has 2 nitrogen and oxygen atoms in total. The molecular formula is C9H7ClN2S2. The Labute approximate surface area is 95.4 Å². The minimum atomic E-state index is 0.517. The van der Waals surface area contributed by atoms with E-state index in [-0.39, 0.29) is 0 Å². The van der Waals surface area contributed by atoms with Crippen LogP contribution < -0.4 is 0 Å². The van der Waals surface area contributed by atoms with Crippen LogP contribution in [-0.2, 0) is 0 Å². The molecule has 2 aromatic rings. The first-order valence-electron chi connectivity index (χ1n) is 3.96. The number of hydrogen-bond donors (Lipinski definition) is 0. The molecule has 0 N–H and O–H groups in total. The highest BCUT2D eigenvalue weighted by atomic mass is 35.5. The normalized spacial score (nSPS) is 10.4. The monoisotopic (exact) mass is 242 g/mol. The van der Waals surface area contributed by atoms with E-state index in [4.69, 9.17) is 11.6 Å². The molecule has 0 aliphatic heterocycles. The van der Waals surface area contributed by atoms with Gasteiger partial charge in [-0.1, -0.05) is 17.7 Å². The van der Waals surface area contributed by atoms with Gasteiger partial charge in [-0.05, 0) is 30.8 Å². The van der Waals surface area contributed by atoms with Gasteiger partial charge in [0.25, 0.3) is 0 Å². The van der Waals surface area contributed by atoms with Gasteiger partial charge >= 0.3 is 0 Å². The second-order valence-corrected chi connectivity index (χ2v) is 5.17. The number of nitrogens with zero attached hydrogens (tertiary/aromatic N) is 2. The summed E-state index contributed by atoms with van der Waals surface area (Å²) >= 11 is 8.93. The molecule has 0 aliphatic rings. The van der Waals surface area contributed by atoms with Crippen molar-refractivity contribution in [2.45, 2.75) is 16.3 Å². The molecule has 0 amide bonds. The lowest BCUT2D eigenvalue weighted by Gasteiger charge is -1.96. The van der Waals surface area contributed by atoms with Crippen LogP contribution in [0.5, 0.6) is 0 Å². The van der Waals surface area contributed by atoms with E-state index in [0.717, 1.165) is 15.1 Å². The lowest BCUT2D eigenvalue weighted by Crippen LogP contribution is -1.79. The maximum atomic E-state index is 5.77. The van der Waals surface area contributed by atoms with Gasteiger partial charge in [0.15, 0.2) is 4.34 Å². The largest absolute Gasteiger partial charge is 0.235 e. The number of rotatable bonds is 2. The Kier molecular flexibility index (Phi) is 3.05. The second-order valence-electron chi connectivity index (χ2n) is 2.66. The van der Waals surface area contributed by atoms with Gasteiger partial charge in [-0.25, -0.2) is 9.97 Å². The highest BCUT2D eigenvalue weighted by molar-refractivity contribution is 8.01. The zero-order valence-corrected chi connectivity index (χ0v) is 9.79. The molecule has 2 aromatic heterocycles. The second kappa shape index (κ2) is 4.29. The highest BCUT2D eigenvalue weighted by Gasteiger charge is 2.02. The van der Waals surface area contributed by atoms with E-state index in [1.807, 2.05) is 24.4 Å². The van der Waals surface area contributed by atoms with Gasteiger partial charge in [0.2, 0.25) is 0 Å². The van der Waals surface area contributed by atoms with Crippen molar-refractivity contribution in [2.75, 3.05) is 0 Å². The van der Waals surface area contributed by atoms with E-state index < -0.39 is 0 Å². The SMILES string of the molecule is Cc1csc(Sc2cccc(Cl)n2)n1. The molecule has 0 saturated carbocycles. The molecule has 14 heavy (non-hydrogen) atoms. The Bertz CT molecular complexity index is 442. The van der Waals surface area contributed by atoms with Gasteiger partial charge < -0.3 is 0 Å². The third kappa shape index (κ3) is 2.47. The van der Waals surface area contributed by atoms with Crippen molar-refractivity contribution >= 4 is 34.7 Å². The van der Waals surface area contributed by atoms with E-state index in [2.05, 4.69) is 9.97 Å². The molecule has 2 rings (SSSR count). The summed E-state index contributed by atoms with van der Waals surface area (Å²) in [4.78, 5) is 8.51. The standard InChI is InChI=1S/C9H7ClN2S2/c1-6-5-13-9(11-6)14-8-4-2-3-7(10)12-8/h2-5H,1H3. The summed E-state index contributed by atoms with van der Waals surface area (Å²) < 4.78 is 0.997. The fraction of sp³-hybridized carbons (Fsp3) is 0.111. The van der Waals surface area contributed by atoms with E-state index in [0.29, 0.717) is 5.15 Å². The van der Waals surface area contributed by atoms with Gasteiger partial charge in [-0.15, -0.1) is 11.3 Å². The number of aryl methyl sites for hydroxylation is 1. The minimum Gasteiger partial charge on any atom is -0.235 e. The summed E-state index contributed by atoms with van der Waals surface area (Å²) in [5.74, 6) is 0. The van der Waals surface area contributed by atoms with Crippen molar-refractivity contribution in [2.24, 2.45) is 0 Å². The Morgan fingerprint density at radius 2 is 2.21 bits per heavy atom. The van der Waals surface area contributed by atoms with Crippen LogP contribution in [0.2, 0.25) is 5.15 Å². The van der Waals surface area contributed by atoms with Gasteiger partial charge in [0, 0.05) is 11.1 Å². The molecule has 0 unspecified atom stereocenters. The Balaban J connectivity index is 2.18. The molecule has 0 saturated heterocycles. The first-order chi connectivity index (χ1) is 6.74. The Morgan fingerprint density at radius 1 is 1.36 bits per heavy atom. The predicted molar refractivity (Wildman–Crippen MR) is 60.2 cm³/mol. The fourth-order valence-corrected chi connectivity index (χ4v) is 2.90. The molecule has 2 heterocycles. The summed E-state index contributed by atoms with van der Waals surface area (Å²) in [5, 5.41) is 3.42. The van der Waals surface area contributed by atoms with Crippen molar-refractivity contribution < 1.29 is 0 Å². The summed E-state index contributed by atoms with van der Waals surface area (Å²) in [5.41, 5.74) is 1.04. The van der Waals surface area contributed by atoms with E-state index in [1.54, 1.807) is 17.4 Å². The number of aromatic nitrogens is 2. The first kappa shape index (κ1) is 9.96. The zero-order chi connectivity index (χ0) is 9.97. The third-order valence-electron chi connectivity index (χ3n) is 1.48. The maximum Gasteiger partial charge on any atom is 0.156 e. The van der Waals surface area contributed by atoms with Crippen LogP contribution in [0.1, 0.15) is 5.69 Å². The van der Waals surface area contributed by atoms with Gasteiger partial charge in [0.05, 0.1) is 0 Å². The lowest BCUT2D eigenvalue weighted by molar-refractivity contribution is 1.11. The van der Waals surface area contributed by atoms with Crippen molar-refractivity contribution in [1.29, 1.82) is 0 Å². The Hall–Kier alpha value is -0.580. The Morgan fingerprint density at radius 3 is 2.86 bits per heavy atom. The van der Waals surface area contributed by atoms with Gasteiger partial charge in [-0.2, -0.15) is 0 Å². The average molecular weight is 243 g/mol. The van der Waals surface area contributed by atoms with E-state index in [1.165, 1.54) is 11.8 Å². The van der Waals surface area contributed by atoms with Crippen LogP contribution >= 0.6 is 34.7 Å². The number of pyridine rings is 1. The highest BCUT2D eigenvalue weighted by Crippen LogP contribution is 2.29. The van der Waals surface area contributed by atoms with E-state index >= 15 is 0 Å². The van der Waals surface area contributed by atoms with Crippen molar-refractivity contribution in [1.82, 2.24) is 9.97 Å². The van der Waals surface area contributed by atoms with Gasteiger partial charge in [-0.3, -0.25) is 0 Å². The van der Waals surface area contributed by atoms with Crippen LogP contribution in [0.25, 0.3) is 0 Å². The molecule has 0 bridgehead atoms. The quantitative estimate of drug-likeness (QED) is 0.752. The number of thiazole rings is 1. The lowest BCUT2D eigenvalue weighted by atomic mass is 10.5. The maximum absolute atomic E-state index is 5.77. The summed E-state index contributed by atoms with van der Waals surface area (Å²) in [7, 11) is 0. The topological polar surface area (TPSA) is 25.8 Å². The molecule has 0 spiro atoms. The molecule has 5 heteroatoms. The predicted octanol–water partition coefficient (Wildman–Crippen LogP) is 3.65. The molecule has 0 atom stereocenters. The summed E-state index contributed by atoms with van der Waals surface area (Å²) in [6.07, 6.45) is 0. The summed E-state index contributed by atoms with van der Waals surface area (Å²) in [6.45, 7) is 1.98. The van der Waals surface area contributed by atoms with Crippen LogP contribution in [0.15, 0.2) is 32.9 Å². The van der Waals surface area contributed by atoms with Crippen LogP contribution in [0.3, 0.4) is 0 Å². The van der Waals surface area contributed by atoms with Gasteiger partial charge in [0.1, 0.15) is 10.2 Å². The fourth-order valence-electron chi connectivity index (χ4n) is 0.915. The number of hydrogen-bond acceptors (Lipinski definition) is 4. The van der Waals surface area contributed by atoms with Crippen LogP contribution in [0, 0.1) is 6.92 Å². The third-order valence-corrected chi connectivity index (χ3v) is 3.68. The molecule has 0 aliphatic carbocycles. The zero-order valence-electron chi connectivity index (χ0n) is 7.40. The van der Waals surface area contributed by atoms with Crippen LogP contribution in [0.4, 0.5) is 0 Å².